The molecule has 0 unspecified atom stereocenters. The molecule has 0 fully saturated rings. The molecular formula is C3H7F2Si. The van der Waals surface area contributed by atoms with Crippen molar-refractivity contribution >= 4 is 9.46 Å². The van der Waals surface area contributed by atoms with E-state index in [1.54, 1.807) is 6.92 Å². The third-order valence-electron chi connectivity index (χ3n) is 0.439. The van der Waals surface area contributed by atoms with Gasteiger partial charge in [0.15, 0.2) is 0 Å². The fourth-order valence-corrected chi connectivity index (χ4v) is 0.567. The summed E-state index contributed by atoms with van der Waals surface area (Å²) in [5, 5.41) is 0. The first-order valence-corrected chi connectivity index (χ1v) is 3.40. The molecule has 0 nitrogen and oxygen atoms in total. The van der Waals surface area contributed by atoms with Crippen LogP contribution in [0.4, 0.5) is 8.22 Å². The van der Waals surface area contributed by atoms with Gasteiger partial charge in [-0.05, 0) is 0 Å². The summed E-state index contributed by atoms with van der Waals surface area (Å²) in [5.41, 5.74) is 0. The van der Waals surface area contributed by atoms with E-state index in [2.05, 4.69) is 0 Å². The zero-order valence-corrected chi connectivity index (χ0v) is 4.67. The molecule has 0 aromatic carbocycles. The van der Waals surface area contributed by atoms with Crippen LogP contribution >= 0.6 is 0 Å². The van der Waals surface area contributed by atoms with Crippen molar-refractivity contribution in [3.05, 3.63) is 0 Å². The average molecular weight is 109 g/mol. The summed E-state index contributed by atoms with van der Waals surface area (Å²) in [6.07, 6.45) is 0.626. The first kappa shape index (κ1) is 6.08. The van der Waals surface area contributed by atoms with Gasteiger partial charge in [-0.25, -0.2) is 0 Å². The molecule has 0 saturated heterocycles. The highest BCUT2D eigenvalue weighted by Crippen LogP contribution is 1.96. The molecular weight excluding hydrogens is 102 g/mol. The van der Waals surface area contributed by atoms with Crippen LogP contribution in [0.3, 0.4) is 0 Å². The van der Waals surface area contributed by atoms with Crippen molar-refractivity contribution < 1.29 is 8.22 Å². The molecule has 0 N–H and O–H groups in total. The number of halogens is 2. The average Bonchev–Trinajstić information content (AvgIpc) is 1.35. The van der Waals surface area contributed by atoms with E-state index in [0.29, 0.717) is 6.42 Å². The molecule has 0 bridgehead atoms. The zero-order chi connectivity index (χ0) is 4.99. The second-order valence-corrected chi connectivity index (χ2v) is 2.27. The summed E-state index contributed by atoms with van der Waals surface area (Å²) in [4.78, 5) is 0. The van der Waals surface area contributed by atoms with E-state index < -0.39 is 9.46 Å². The van der Waals surface area contributed by atoms with Gasteiger partial charge in [0.25, 0.3) is 0 Å². The van der Waals surface area contributed by atoms with E-state index in [1.807, 2.05) is 0 Å². The predicted octanol–water partition coefficient (Wildman–Crippen LogP) is 1.82. The third kappa shape index (κ3) is 4.08. The Morgan fingerprint density at radius 2 is 2.00 bits per heavy atom. The minimum absolute atomic E-state index is 0.144. The quantitative estimate of drug-likeness (QED) is 0.375. The van der Waals surface area contributed by atoms with Crippen LogP contribution in [0, 0.1) is 0 Å². The molecule has 37 valence electrons. The lowest BCUT2D eigenvalue weighted by Crippen LogP contribution is -1.91. The van der Waals surface area contributed by atoms with E-state index in [-0.39, 0.29) is 6.04 Å². The van der Waals surface area contributed by atoms with Crippen molar-refractivity contribution in [1.82, 2.24) is 0 Å². The number of hydrogen-bond acceptors (Lipinski definition) is 0. The van der Waals surface area contributed by atoms with E-state index in [4.69, 9.17) is 0 Å². The van der Waals surface area contributed by atoms with Crippen LogP contribution in [0.2, 0.25) is 6.04 Å². The van der Waals surface area contributed by atoms with Crippen LogP contribution in [-0.2, 0) is 0 Å². The molecule has 1 radical (unpaired) electrons. The van der Waals surface area contributed by atoms with Gasteiger partial charge in [-0.1, -0.05) is 13.3 Å². The van der Waals surface area contributed by atoms with Gasteiger partial charge in [-0.3, -0.25) is 8.22 Å². The van der Waals surface area contributed by atoms with Gasteiger partial charge in [-0.2, -0.15) is 0 Å². The molecule has 0 aromatic heterocycles. The lowest BCUT2D eigenvalue weighted by molar-refractivity contribution is 0.648. The topological polar surface area (TPSA) is 0 Å². The van der Waals surface area contributed by atoms with Crippen molar-refractivity contribution in [3.8, 4) is 0 Å². The third-order valence-corrected chi connectivity index (χ3v) is 1.32. The Hall–Kier alpha value is 0.0769. The number of hydrogen-bond donors (Lipinski definition) is 0. The second-order valence-electron chi connectivity index (χ2n) is 1.09. The van der Waals surface area contributed by atoms with Crippen LogP contribution in [-0.4, -0.2) is 9.46 Å². The maximum absolute atomic E-state index is 11.1. The van der Waals surface area contributed by atoms with Crippen molar-refractivity contribution in [3.63, 3.8) is 0 Å². The summed E-state index contributed by atoms with van der Waals surface area (Å²) in [6.45, 7) is 1.77. The largest absolute Gasteiger partial charge is 0.476 e. The maximum Gasteiger partial charge on any atom is 0.476 e. The van der Waals surface area contributed by atoms with Crippen molar-refractivity contribution in [2.45, 2.75) is 19.4 Å². The molecule has 0 heterocycles. The van der Waals surface area contributed by atoms with Gasteiger partial charge in [0, 0.05) is 6.04 Å². The highest BCUT2D eigenvalue weighted by Gasteiger charge is 2.04. The first-order chi connectivity index (χ1) is 2.77. The van der Waals surface area contributed by atoms with E-state index >= 15 is 0 Å². The Bertz CT molecular complexity index is 30.0. The standard InChI is InChI=1S/C3H7F2Si/c1-2-3-6(4)5/h2-3H2,1H3. The summed E-state index contributed by atoms with van der Waals surface area (Å²) in [5.74, 6) is 0. The van der Waals surface area contributed by atoms with Gasteiger partial charge in [0.2, 0.25) is 0 Å². The van der Waals surface area contributed by atoms with Crippen LogP contribution < -0.4 is 0 Å². The smallest absolute Gasteiger partial charge is 0.268 e. The zero-order valence-electron chi connectivity index (χ0n) is 3.67. The molecule has 0 aliphatic rings. The minimum atomic E-state index is -2.89. The lowest BCUT2D eigenvalue weighted by Gasteiger charge is -1.82. The van der Waals surface area contributed by atoms with Gasteiger partial charge >= 0.3 is 9.46 Å². The number of rotatable bonds is 2. The fraction of sp³-hybridized carbons (Fsp3) is 1.00. The molecule has 0 spiro atoms. The molecule has 0 aliphatic carbocycles. The van der Waals surface area contributed by atoms with Crippen molar-refractivity contribution in [1.29, 1.82) is 0 Å². The van der Waals surface area contributed by atoms with E-state index in [0.717, 1.165) is 0 Å². The Kier molecular flexibility index (Phi) is 3.32. The highest BCUT2D eigenvalue weighted by atomic mass is 28.4. The fourth-order valence-electron chi connectivity index (χ4n) is 0.189. The molecule has 3 heteroatoms. The predicted molar refractivity (Wildman–Crippen MR) is 23.1 cm³/mol. The molecule has 0 aliphatic heterocycles. The Balaban J connectivity index is 2.63. The summed E-state index contributed by atoms with van der Waals surface area (Å²) in [7, 11) is -2.89. The first-order valence-electron chi connectivity index (χ1n) is 1.94. The summed E-state index contributed by atoms with van der Waals surface area (Å²) >= 11 is 0. The van der Waals surface area contributed by atoms with Gasteiger partial charge in [0.05, 0.1) is 0 Å². The Morgan fingerprint density at radius 1 is 1.50 bits per heavy atom. The van der Waals surface area contributed by atoms with Gasteiger partial charge < -0.3 is 0 Å². The van der Waals surface area contributed by atoms with E-state index in [9.17, 15) is 8.22 Å². The minimum Gasteiger partial charge on any atom is -0.268 e. The lowest BCUT2D eigenvalue weighted by atomic mass is 10.6. The van der Waals surface area contributed by atoms with Crippen molar-refractivity contribution in [2.24, 2.45) is 0 Å². The highest BCUT2D eigenvalue weighted by molar-refractivity contribution is 6.42. The Labute approximate surface area is 38.1 Å². The molecule has 0 saturated carbocycles. The maximum atomic E-state index is 11.1. The molecule has 6 heavy (non-hydrogen) atoms. The van der Waals surface area contributed by atoms with Crippen molar-refractivity contribution in [2.75, 3.05) is 0 Å². The SMILES string of the molecule is CCC[Si](F)F. The molecule has 0 rings (SSSR count). The van der Waals surface area contributed by atoms with Crippen LogP contribution in [0.1, 0.15) is 13.3 Å². The Morgan fingerprint density at radius 3 is 2.00 bits per heavy atom. The summed E-state index contributed by atoms with van der Waals surface area (Å²) < 4.78 is 22.3. The van der Waals surface area contributed by atoms with E-state index in [1.165, 1.54) is 0 Å². The second kappa shape index (κ2) is 3.27. The molecule has 0 aromatic rings. The normalized spacial score (nSPS) is 10.0. The van der Waals surface area contributed by atoms with Crippen LogP contribution in [0.5, 0.6) is 0 Å². The monoisotopic (exact) mass is 109 g/mol. The van der Waals surface area contributed by atoms with Gasteiger partial charge in [0.1, 0.15) is 0 Å². The molecule has 0 amide bonds. The molecule has 0 atom stereocenters. The van der Waals surface area contributed by atoms with Gasteiger partial charge in [-0.15, -0.1) is 0 Å². The van der Waals surface area contributed by atoms with Crippen LogP contribution in [0.15, 0.2) is 0 Å². The summed E-state index contributed by atoms with van der Waals surface area (Å²) in [6, 6.07) is 0.144. The van der Waals surface area contributed by atoms with Crippen LogP contribution in [0.25, 0.3) is 0 Å².